The molecular formula is C27H22ClN5O2. The van der Waals surface area contributed by atoms with Crippen LogP contribution in [-0.4, -0.2) is 34.9 Å². The Labute approximate surface area is 207 Å². The van der Waals surface area contributed by atoms with E-state index >= 15 is 0 Å². The number of nitrogen functional groups attached to an aromatic ring is 1. The van der Waals surface area contributed by atoms with Gasteiger partial charge in [0.05, 0.1) is 5.56 Å². The van der Waals surface area contributed by atoms with Crippen LogP contribution in [0.3, 0.4) is 0 Å². The highest BCUT2D eigenvalue weighted by Crippen LogP contribution is 2.24. The smallest absolute Gasteiger partial charge is 0.251 e. The van der Waals surface area contributed by atoms with Crippen molar-refractivity contribution in [1.82, 2.24) is 20.6 Å². The maximum atomic E-state index is 12.4. The predicted molar refractivity (Wildman–Crippen MR) is 137 cm³/mol. The molecule has 0 aliphatic carbocycles. The first kappa shape index (κ1) is 23.7. The van der Waals surface area contributed by atoms with Crippen molar-refractivity contribution < 1.29 is 9.59 Å². The van der Waals surface area contributed by atoms with Crippen LogP contribution in [0.5, 0.6) is 0 Å². The average Bonchev–Trinajstić information content (AvgIpc) is 2.88. The number of hydrogen-bond donors (Lipinski definition) is 3. The molecule has 7 nitrogen and oxygen atoms in total. The summed E-state index contributed by atoms with van der Waals surface area (Å²) in [5, 5.41) is 7.99. The molecule has 4 aromatic rings. The molecule has 35 heavy (non-hydrogen) atoms. The molecule has 4 rings (SSSR count). The minimum Gasteiger partial charge on any atom is -0.383 e. The van der Waals surface area contributed by atoms with Crippen molar-refractivity contribution >= 4 is 40.0 Å². The fourth-order valence-electron chi connectivity index (χ4n) is 3.37. The van der Waals surface area contributed by atoms with Gasteiger partial charge in [0.15, 0.2) is 0 Å². The summed E-state index contributed by atoms with van der Waals surface area (Å²) in [4.78, 5) is 32.5. The van der Waals surface area contributed by atoms with Gasteiger partial charge in [0.1, 0.15) is 5.82 Å². The number of benzene rings is 2. The second-order valence-corrected chi connectivity index (χ2v) is 8.12. The van der Waals surface area contributed by atoms with Gasteiger partial charge in [-0.05, 0) is 55.0 Å². The Hall–Kier alpha value is -4.41. The van der Waals surface area contributed by atoms with Gasteiger partial charge >= 0.3 is 0 Å². The van der Waals surface area contributed by atoms with Gasteiger partial charge in [0, 0.05) is 64.2 Å². The maximum Gasteiger partial charge on any atom is 0.251 e. The van der Waals surface area contributed by atoms with Crippen LogP contribution >= 0.6 is 11.6 Å². The van der Waals surface area contributed by atoms with E-state index in [1.54, 1.807) is 61.1 Å². The molecule has 0 spiro atoms. The Bertz CT molecular complexity index is 1420. The van der Waals surface area contributed by atoms with Gasteiger partial charge in [0.2, 0.25) is 0 Å². The molecule has 174 valence electrons. The zero-order chi connectivity index (χ0) is 24.6. The number of nitrogens with zero attached hydrogens (tertiary/aromatic N) is 2. The monoisotopic (exact) mass is 483 g/mol. The van der Waals surface area contributed by atoms with Crippen LogP contribution in [0, 0.1) is 11.8 Å². The molecule has 0 aliphatic heterocycles. The Morgan fingerprint density at radius 3 is 2.23 bits per heavy atom. The SMILES string of the molecule is Nc1ncc2ccc(Cl)cc2c1C#Cc1ccc(C(=O)NCCCNC(=O)c2ccncc2)cc1. The molecule has 4 N–H and O–H groups in total. The van der Waals surface area contributed by atoms with Crippen molar-refractivity contribution in [2.24, 2.45) is 0 Å². The predicted octanol–water partition coefficient (Wildman–Crippen LogP) is 3.82. The number of carbonyl (C=O) groups is 2. The van der Waals surface area contributed by atoms with Crippen LogP contribution in [0.25, 0.3) is 10.8 Å². The van der Waals surface area contributed by atoms with Crippen LogP contribution in [0.1, 0.15) is 38.3 Å². The average molecular weight is 484 g/mol. The highest BCUT2D eigenvalue weighted by Gasteiger charge is 2.07. The van der Waals surface area contributed by atoms with Gasteiger partial charge in [-0.3, -0.25) is 14.6 Å². The molecule has 2 aromatic heterocycles. The number of aromatic nitrogens is 2. The van der Waals surface area contributed by atoms with E-state index in [0.29, 0.717) is 47.0 Å². The number of nitrogens with two attached hydrogens (primary N) is 1. The van der Waals surface area contributed by atoms with E-state index in [2.05, 4.69) is 32.4 Å². The van der Waals surface area contributed by atoms with Gasteiger partial charge in [-0.15, -0.1) is 0 Å². The first-order valence-electron chi connectivity index (χ1n) is 10.9. The van der Waals surface area contributed by atoms with Crippen molar-refractivity contribution in [1.29, 1.82) is 0 Å². The first-order chi connectivity index (χ1) is 17.0. The highest BCUT2D eigenvalue weighted by atomic mass is 35.5. The number of pyridine rings is 2. The lowest BCUT2D eigenvalue weighted by Crippen LogP contribution is -2.29. The zero-order valence-electron chi connectivity index (χ0n) is 18.7. The minimum absolute atomic E-state index is 0.167. The van der Waals surface area contributed by atoms with Gasteiger partial charge in [0.25, 0.3) is 11.8 Å². The Morgan fingerprint density at radius 2 is 1.54 bits per heavy atom. The molecule has 0 saturated heterocycles. The van der Waals surface area contributed by atoms with Gasteiger partial charge in [-0.2, -0.15) is 0 Å². The van der Waals surface area contributed by atoms with E-state index in [1.807, 2.05) is 12.1 Å². The van der Waals surface area contributed by atoms with Crippen molar-refractivity contribution in [3.8, 4) is 11.8 Å². The number of rotatable bonds is 6. The normalized spacial score (nSPS) is 10.3. The third-order valence-corrected chi connectivity index (χ3v) is 5.46. The van der Waals surface area contributed by atoms with E-state index in [1.165, 1.54) is 0 Å². The molecule has 2 aromatic carbocycles. The summed E-state index contributed by atoms with van der Waals surface area (Å²) < 4.78 is 0. The molecule has 0 fully saturated rings. The number of halogens is 1. The topological polar surface area (TPSA) is 110 Å². The van der Waals surface area contributed by atoms with Crippen molar-refractivity contribution in [3.05, 3.63) is 100 Å². The Morgan fingerprint density at radius 1 is 0.886 bits per heavy atom. The molecule has 0 radical (unpaired) electrons. The Kier molecular flexibility index (Phi) is 7.56. The summed E-state index contributed by atoms with van der Waals surface area (Å²) in [5.74, 6) is 6.13. The standard InChI is InChI=1S/C27H22ClN5O2/c28-22-8-7-21-17-33-25(29)23(24(21)16-22)9-4-18-2-5-19(6-3-18)26(34)31-12-1-13-32-27(35)20-10-14-30-15-11-20/h2-3,5-8,10-11,14-17H,1,12-13H2,(H2,29,33)(H,31,34)(H,32,35). The second kappa shape index (κ2) is 11.1. The number of carbonyl (C=O) groups excluding carboxylic acids is 2. The molecule has 2 amide bonds. The summed E-state index contributed by atoms with van der Waals surface area (Å²) in [7, 11) is 0. The summed E-state index contributed by atoms with van der Waals surface area (Å²) in [6.07, 6.45) is 5.43. The van der Waals surface area contributed by atoms with Crippen LogP contribution < -0.4 is 16.4 Å². The molecule has 0 unspecified atom stereocenters. The Balaban J connectivity index is 1.31. The number of fused-ring (bicyclic) bond motifs is 1. The first-order valence-corrected chi connectivity index (χ1v) is 11.3. The third-order valence-electron chi connectivity index (χ3n) is 5.23. The number of hydrogen-bond acceptors (Lipinski definition) is 5. The highest BCUT2D eigenvalue weighted by molar-refractivity contribution is 6.31. The van der Waals surface area contributed by atoms with E-state index in [0.717, 1.165) is 16.3 Å². The lowest BCUT2D eigenvalue weighted by atomic mass is 10.1. The summed E-state index contributed by atoms with van der Waals surface area (Å²) >= 11 is 6.13. The van der Waals surface area contributed by atoms with Crippen LogP contribution in [-0.2, 0) is 0 Å². The fraction of sp³-hybridized carbons (Fsp3) is 0.111. The fourth-order valence-corrected chi connectivity index (χ4v) is 3.54. The summed E-state index contributed by atoms with van der Waals surface area (Å²) in [6, 6.07) is 15.8. The third kappa shape index (κ3) is 6.14. The quantitative estimate of drug-likeness (QED) is 0.285. The largest absolute Gasteiger partial charge is 0.383 e. The van der Waals surface area contributed by atoms with Gasteiger partial charge in [-0.1, -0.05) is 29.5 Å². The number of nitrogens with one attached hydrogen (secondary N) is 2. The summed E-state index contributed by atoms with van der Waals surface area (Å²) in [5.41, 5.74) is 8.47. The van der Waals surface area contributed by atoms with E-state index < -0.39 is 0 Å². The van der Waals surface area contributed by atoms with Crippen LogP contribution in [0.15, 0.2) is 73.2 Å². The second-order valence-electron chi connectivity index (χ2n) is 7.68. The molecule has 0 aliphatic rings. The van der Waals surface area contributed by atoms with Crippen LogP contribution in [0.4, 0.5) is 5.82 Å². The van der Waals surface area contributed by atoms with Gasteiger partial charge in [-0.25, -0.2) is 4.98 Å². The molecule has 0 bridgehead atoms. The molecule has 8 heteroatoms. The van der Waals surface area contributed by atoms with E-state index in [4.69, 9.17) is 17.3 Å². The maximum absolute atomic E-state index is 12.4. The van der Waals surface area contributed by atoms with Crippen molar-refractivity contribution in [2.45, 2.75) is 6.42 Å². The van der Waals surface area contributed by atoms with E-state index in [-0.39, 0.29) is 11.8 Å². The molecular weight excluding hydrogens is 462 g/mol. The van der Waals surface area contributed by atoms with Gasteiger partial charge < -0.3 is 16.4 Å². The lowest BCUT2D eigenvalue weighted by molar-refractivity contribution is 0.0951. The number of anilines is 1. The zero-order valence-corrected chi connectivity index (χ0v) is 19.5. The lowest BCUT2D eigenvalue weighted by Gasteiger charge is -2.07. The van der Waals surface area contributed by atoms with E-state index in [9.17, 15) is 9.59 Å². The molecule has 0 saturated carbocycles. The molecule has 2 heterocycles. The van der Waals surface area contributed by atoms with Crippen LogP contribution in [0.2, 0.25) is 5.02 Å². The summed E-state index contributed by atoms with van der Waals surface area (Å²) in [6.45, 7) is 0.889. The van der Waals surface area contributed by atoms with Crippen molar-refractivity contribution in [3.63, 3.8) is 0 Å². The molecule has 0 atom stereocenters. The van der Waals surface area contributed by atoms with Crippen molar-refractivity contribution in [2.75, 3.05) is 18.8 Å². The number of amides is 2. The minimum atomic E-state index is -0.192.